The number of halogens is 2. The Morgan fingerprint density at radius 1 is 0.571 bits per heavy atom. The molecular weight excluding hydrogens is 1150 g/mol. The smallest absolute Gasteiger partial charge is 0.268 e. The third-order valence-corrected chi connectivity index (χ3v) is 19.7. The molecule has 6 aromatic rings. The second-order valence-corrected chi connectivity index (χ2v) is 29.0. The molecule has 23 heteroatoms. The highest BCUT2D eigenvalue weighted by Gasteiger charge is 2.38. The number of rotatable bonds is 26. The van der Waals surface area contributed by atoms with Crippen molar-refractivity contribution in [2.75, 3.05) is 33.0 Å². The molecule has 2 atom stereocenters. The molecule has 1 saturated heterocycles. The van der Waals surface area contributed by atoms with Crippen molar-refractivity contribution in [2.24, 2.45) is 28.1 Å². The van der Waals surface area contributed by atoms with Crippen molar-refractivity contribution >= 4 is 55.1 Å². The van der Waals surface area contributed by atoms with Gasteiger partial charge in [0.1, 0.15) is 21.8 Å². The molecule has 4 aliphatic rings. The third-order valence-electron chi connectivity index (χ3n) is 16.4. The minimum Gasteiger partial charge on any atom is -0.494 e. The van der Waals surface area contributed by atoms with E-state index in [1.54, 1.807) is 48.8 Å². The van der Waals surface area contributed by atoms with Crippen LogP contribution in [0, 0.1) is 28.1 Å². The summed E-state index contributed by atoms with van der Waals surface area (Å²) < 4.78 is 81.7. The highest BCUT2D eigenvalue weighted by atomic mass is 35.5. The van der Waals surface area contributed by atoms with Crippen molar-refractivity contribution in [3.8, 4) is 34.9 Å². The summed E-state index contributed by atoms with van der Waals surface area (Å²) in [6.45, 7) is 16.9. The van der Waals surface area contributed by atoms with Gasteiger partial charge in [0.25, 0.3) is 31.9 Å². The van der Waals surface area contributed by atoms with Crippen LogP contribution in [-0.4, -0.2) is 96.7 Å². The number of hydrogen-bond acceptors (Lipinski definition) is 15. The van der Waals surface area contributed by atoms with Crippen molar-refractivity contribution in [1.82, 2.24) is 44.3 Å². The quantitative estimate of drug-likeness (QED) is 0.0338. The molecule has 4 fully saturated rings. The predicted octanol–water partition coefficient (Wildman–Crippen LogP) is 11.7. The summed E-state index contributed by atoms with van der Waals surface area (Å²) in [6, 6.07) is 21.3. The summed E-state index contributed by atoms with van der Waals surface area (Å²) in [5.41, 5.74) is 1.28. The Balaban J connectivity index is 0.000000202. The lowest BCUT2D eigenvalue weighted by Crippen LogP contribution is -2.31. The number of ether oxygens (including phenoxy) is 4. The fourth-order valence-corrected chi connectivity index (χ4v) is 12.9. The SMILES string of the molecule is CC1(C)CCC(CCCOc2ccc(S(=O)(=O)NC(=O)c3ccc(-n4ccc(OCCC5(C)CC5)n4)nc3Cl)cc2)C1.CC1(CCOc2ccn(-c3ccc(C(=O)NS(=O)(=O)c4ccc(OCCCC5CNC(C)(C)C5)cc4)c(Cl)n3)n2)CC1. The maximum atomic E-state index is 12.9. The van der Waals surface area contributed by atoms with E-state index in [1.165, 1.54) is 103 Å². The van der Waals surface area contributed by atoms with Gasteiger partial charge in [0, 0.05) is 30.1 Å². The standard InChI is InChI=1S/C31H39ClN4O5S.C30H38ClN5O5S/c1-30(2)14-12-22(21-30)5-4-19-40-23-6-8-24(9-7-23)42(38,39)35-29(37)25-10-11-26(33-28(25)32)36-18-13-27(34-36)41-20-17-31(3)15-16-31;1-29(2)19-21(20-32-29)5-4-17-40-22-6-8-23(9-7-22)42(38,39)35-28(37)24-10-11-25(33-27(24)31)36-16-12-26(34-36)41-18-15-30(3)13-14-30/h6-11,13,18,22H,4-5,12,14-17,19-21H2,1-3H3,(H,35,37);6-12,16,21,32H,4-5,13-15,17-20H2,1-3H3,(H,35,37). The molecule has 5 heterocycles. The van der Waals surface area contributed by atoms with Crippen molar-refractivity contribution in [3.05, 3.63) is 119 Å². The van der Waals surface area contributed by atoms with Gasteiger partial charge in [-0.2, -0.15) is 0 Å². The number of carbonyl (C=O) groups is 2. The van der Waals surface area contributed by atoms with E-state index in [0.29, 0.717) is 83.5 Å². The molecule has 2 aromatic carbocycles. The molecule has 1 aliphatic heterocycles. The number of hydrogen-bond donors (Lipinski definition) is 3. The molecule has 452 valence electrons. The summed E-state index contributed by atoms with van der Waals surface area (Å²) in [5.74, 6) is 2.44. The molecule has 10 rings (SSSR count). The van der Waals surface area contributed by atoms with Crippen LogP contribution >= 0.6 is 23.2 Å². The second kappa shape index (κ2) is 26.2. The van der Waals surface area contributed by atoms with Crippen LogP contribution in [0.25, 0.3) is 11.6 Å². The monoisotopic (exact) mass is 1230 g/mol. The number of nitrogens with one attached hydrogen (secondary N) is 3. The van der Waals surface area contributed by atoms with E-state index in [9.17, 15) is 26.4 Å². The molecule has 84 heavy (non-hydrogen) atoms. The van der Waals surface area contributed by atoms with Crippen molar-refractivity contribution in [2.45, 2.75) is 147 Å². The molecule has 0 radical (unpaired) electrons. The molecule has 0 bridgehead atoms. The van der Waals surface area contributed by atoms with Gasteiger partial charge in [-0.25, -0.2) is 45.6 Å². The zero-order chi connectivity index (χ0) is 59.9. The lowest BCUT2D eigenvalue weighted by Gasteiger charge is -2.17. The summed E-state index contributed by atoms with van der Waals surface area (Å²) in [5, 5.41) is 11.9. The number of nitrogens with zero attached hydrogens (tertiary/aromatic N) is 6. The van der Waals surface area contributed by atoms with Gasteiger partial charge in [0.15, 0.2) is 11.6 Å². The van der Waals surface area contributed by atoms with Crippen molar-refractivity contribution in [1.29, 1.82) is 0 Å². The summed E-state index contributed by atoms with van der Waals surface area (Å²) in [4.78, 5) is 34.0. The fraction of sp³-hybridized carbons (Fsp3) is 0.508. The highest BCUT2D eigenvalue weighted by Crippen LogP contribution is 2.49. The van der Waals surface area contributed by atoms with Crippen molar-refractivity contribution in [3.63, 3.8) is 0 Å². The average molecular weight is 1230 g/mol. The Hall–Kier alpha value is -6.26. The van der Waals surface area contributed by atoms with E-state index in [0.717, 1.165) is 57.4 Å². The summed E-state index contributed by atoms with van der Waals surface area (Å²) in [7, 11) is -8.28. The molecule has 19 nitrogen and oxygen atoms in total. The number of amides is 2. The maximum absolute atomic E-state index is 12.9. The molecule has 2 amide bonds. The van der Waals surface area contributed by atoms with Crippen molar-refractivity contribution < 1.29 is 45.4 Å². The van der Waals surface area contributed by atoms with Crippen LogP contribution in [0.1, 0.15) is 152 Å². The topological polar surface area (TPSA) is 237 Å². The van der Waals surface area contributed by atoms with E-state index < -0.39 is 31.9 Å². The summed E-state index contributed by atoms with van der Waals surface area (Å²) in [6.07, 6.45) is 19.3. The number of sulfonamides is 2. The molecular formula is C61H77Cl2N9O10S2. The Morgan fingerprint density at radius 3 is 1.39 bits per heavy atom. The van der Waals surface area contributed by atoms with Crippen LogP contribution in [0.15, 0.2) is 107 Å². The second-order valence-electron chi connectivity index (χ2n) is 24.9. The molecule has 3 saturated carbocycles. The van der Waals surface area contributed by atoms with Gasteiger partial charge in [0.2, 0.25) is 11.8 Å². The Kier molecular flexibility index (Phi) is 19.4. The van der Waals surface area contributed by atoms with E-state index in [2.05, 4.69) is 76.5 Å². The fourth-order valence-electron chi connectivity index (χ4n) is 10.5. The molecule has 2 unspecified atom stereocenters. The first-order valence-corrected chi connectivity index (χ1v) is 32.6. The Morgan fingerprint density at radius 2 is 1.01 bits per heavy atom. The molecule has 4 aromatic heterocycles. The molecule has 0 spiro atoms. The predicted molar refractivity (Wildman–Crippen MR) is 321 cm³/mol. The zero-order valence-corrected chi connectivity index (χ0v) is 51.8. The first kappa shape index (κ1) is 62.3. The van der Waals surface area contributed by atoms with Crippen LogP contribution in [0.3, 0.4) is 0 Å². The largest absolute Gasteiger partial charge is 0.494 e. The maximum Gasteiger partial charge on any atom is 0.268 e. The average Bonchev–Trinajstić information content (AvgIpc) is 4.11. The van der Waals surface area contributed by atoms with Crippen LogP contribution in [0.2, 0.25) is 10.3 Å². The lowest BCUT2D eigenvalue weighted by molar-refractivity contribution is 0.0972. The Bertz CT molecular complexity index is 3260. The lowest BCUT2D eigenvalue weighted by atomic mass is 9.89. The first-order valence-electron chi connectivity index (χ1n) is 28.9. The van der Waals surface area contributed by atoms with Gasteiger partial charge in [-0.15, -0.1) is 10.2 Å². The van der Waals surface area contributed by atoms with Gasteiger partial charge < -0.3 is 24.3 Å². The normalized spacial score (nSPS) is 18.9. The number of benzene rings is 2. The van der Waals surface area contributed by atoms with Gasteiger partial charge >= 0.3 is 0 Å². The highest BCUT2D eigenvalue weighted by molar-refractivity contribution is 7.90. The number of aromatic nitrogens is 6. The van der Waals surface area contributed by atoms with Crippen LogP contribution in [0.5, 0.6) is 23.3 Å². The Labute approximate surface area is 503 Å². The molecule has 3 aliphatic carbocycles. The van der Waals surface area contributed by atoms with Crippen LogP contribution in [-0.2, 0) is 20.0 Å². The van der Waals surface area contributed by atoms with E-state index in [4.69, 9.17) is 42.1 Å². The number of carbonyl (C=O) groups excluding carboxylic acids is 2. The van der Waals surface area contributed by atoms with Gasteiger partial charge in [0.05, 0.1) is 47.3 Å². The minimum absolute atomic E-state index is 0.0585. The number of pyridine rings is 2. The van der Waals surface area contributed by atoms with E-state index in [1.807, 2.05) is 0 Å². The van der Waals surface area contributed by atoms with Gasteiger partial charge in [-0.05, 0) is 211 Å². The third kappa shape index (κ3) is 17.4. The minimum atomic E-state index is -4.15. The van der Waals surface area contributed by atoms with E-state index in [-0.39, 0.29) is 36.8 Å². The van der Waals surface area contributed by atoms with E-state index >= 15 is 0 Å². The zero-order valence-electron chi connectivity index (χ0n) is 48.7. The van der Waals surface area contributed by atoms with Crippen LogP contribution in [0.4, 0.5) is 0 Å². The molecule has 3 N–H and O–H groups in total. The van der Waals surface area contributed by atoms with Gasteiger partial charge in [-0.3, -0.25) is 9.59 Å². The summed E-state index contributed by atoms with van der Waals surface area (Å²) >= 11 is 12.6. The first-order chi connectivity index (χ1) is 39.8. The van der Waals surface area contributed by atoms with Crippen LogP contribution < -0.4 is 33.7 Å². The van der Waals surface area contributed by atoms with Gasteiger partial charge in [-0.1, -0.05) is 50.9 Å².